The molecule has 0 spiro atoms. The molecule has 0 heterocycles. The summed E-state index contributed by atoms with van der Waals surface area (Å²) in [4.78, 5) is 0.369. The Kier molecular flexibility index (Phi) is 5.19. The monoisotopic (exact) mass is 329 g/mol. The van der Waals surface area contributed by atoms with Crippen LogP contribution in [0.5, 0.6) is 0 Å². The highest BCUT2D eigenvalue weighted by Gasteiger charge is 2.31. The number of anilines is 1. The molecule has 0 radical (unpaired) electrons. The molecule has 2 atom stereocenters. The molecule has 0 aromatic heterocycles. The van der Waals surface area contributed by atoms with Gasteiger partial charge >= 0.3 is 0 Å². The molecule has 0 aliphatic heterocycles. The first-order valence-electron chi connectivity index (χ1n) is 7.02. The van der Waals surface area contributed by atoms with E-state index >= 15 is 0 Å². The van der Waals surface area contributed by atoms with E-state index in [4.69, 9.17) is 5.84 Å². The maximum atomic E-state index is 12.7. The van der Waals surface area contributed by atoms with Crippen LogP contribution in [0.3, 0.4) is 0 Å². The highest BCUT2D eigenvalue weighted by Crippen LogP contribution is 2.31. The van der Waals surface area contributed by atoms with Gasteiger partial charge in [-0.2, -0.15) is 11.8 Å². The van der Waals surface area contributed by atoms with E-state index < -0.39 is 10.0 Å². The van der Waals surface area contributed by atoms with Gasteiger partial charge in [-0.05, 0) is 56.2 Å². The summed E-state index contributed by atoms with van der Waals surface area (Å²) in [5.74, 6) is 5.40. The number of hydrogen-bond donors (Lipinski definition) is 3. The van der Waals surface area contributed by atoms with Crippen molar-refractivity contribution in [3.63, 3.8) is 0 Å². The van der Waals surface area contributed by atoms with Gasteiger partial charge in [0.05, 0.1) is 4.90 Å². The Morgan fingerprint density at radius 3 is 2.38 bits per heavy atom. The first kappa shape index (κ1) is 16.6. The quantitative estimate of drug-likeness (QED) is 0.569. The lowest BCUT2D eigenvalue weighted by Crippen LogP contribution is -2.39. The number of rotatable bonds is 5. The van der Waals surface area contributed by atoms with Crippen molar-refractivity contribution in [2.75, 3.05) is 11.7 Å². The van der Waals surface area contributed by atoms with E-state index in [0.29, 0.717) is 27.0 Å². The number of nitrogen functional groups attached to an aromatic ring is 1. The third-order valence-electron chi connectivity index (χ3n) is 3.96. The molecule has 1 fully saturated rings. The number of benzene rings is 1. The summed E-state index contributed by atoms with van der Waals surface area (Å²) >= 11 is 1.74. The second-order valence-electron chi connectivity index (χ2n) is 5.52. The first-order valence-corrected chi connectivity index (χ1v) is 9.79. The number of aryl methyl sites for hydroxylation is 2. The van der Waals surface area contributed by atoms with Gasteiger partial charge in [0.2, 0.25) is 10.0 Å². The number of thioether (sulfide) groups is 1. The van der Waals surface area contributed by atoms with E-state index in [1.807, 2.05) is 6.26 Å². The van der Waals surface area contributed by atoms with Gasteiger partial charge in [0.1, 0.15) is 0 Å². The zero-order valence-electron chi connectivity index (χ0n) is 12.6. The SMILES string of the molecule is CSC1CCCC1NS(=O)(=O)c1c(C)cc(NN)cc1C. The van der Waals surface area contributed by atoms with Crippen LogP contribution in [0.25, 0.3) is 0 Å². The van der Waals surface area contributed by atoms with Gasteiger partial charge in [-0.3, -0.25) is 5.84 Å². The molecule has 1 saturated carbocycles. The Balaban J connectivity index is 2.32. The summed E-state index contributed by atoms with van der Waals surface area (Å²) in [6, 6.07) is 3.53. The van der Waals surface area contributed by atoms with Crippen LogP contribution >= 0.6 is 11.8 Å². The normalized spacial score (nSPS) is 22.5. The minimum Gasteiger partial charge on any atom is -0.324 e. The van der Waals surface area contributed by atoms with E-state index in [1.165, 1.54) is 0 Å². The Hall–Kier alpha value is -0.760. The van der Waals surface area contributed by atoms with E-state index in [0.717, 1.165) is 19.3 Å². The molecule has 2 rings (SSSR count). The van der Waals surface area contributed by atoms with Crippen molar-refractivity contribution in [1.82, 2.24) is 4.72 Å². The third-order valence-corrected chi connectivity index (χ3v) is 6.92. The molecular weight excluding hydrogens is 306 g/mol. The lowest BCUT2D eigenvalue weighted by molar-refractivity contribution is 0.554. The predicted octanol–water partition coefficient (Wildman–Crippen LogP) is 2.15. The van der Waals surface area contributed by atoms with Crippen molar-refractivity contribution in [3.8, 4) is 0 Å². The number of nitrogens with two attached hydrogens (primary N) is 1. The van der Waals surface area contributed by atoms with Gasteiger partial charge in [-0.25, -0.2) is 13.1 Å². The van der Waals surface area contributed by atoms with Gasteiger partial charge in [-0.15, -0.1) is 0 Å². The number of hydrogen-bond acceptors (Lipinski definition) is 5. The molecule has 5 nitrogen and oxygen atoms in total. The molecule has 0 bridgehead atoms. The van der Waals surface area contributed by atoms with Crippen molar-refractivity contribution in [2.45, 2.75) is 49.3 Å². The van der Waals surface area contributed by atoms with Crippen molar-refractivity contribution in [3.05, 3.63) is 23.3 Å². The molecule has 1 aliphatic rings. The van der Waals surface area contributed by atoms with Crippen LogP contribution in [0, 0.1) is 13.8 Å². The molecular formula is C14H23N3O2S2. The van der Waals surface area contributed by atoms with Crippen LogP contribution in [-0.2, 0) is 10.0 Å². The van der Waals surface area contributed by atoms with Crippen LogP contribution in [0.15, 0.2) is 17.0 Å². The zero-order chi connectivity index (χ0) is 15.6. The van der Waals surface area contributed by atoms with Gasteiger partial charge in [0, 0.05) is 17.0 Å². The summed E-state index contributed by atoms with van der Waals surface area (Å²) in [7, 11) is -3.50. The van der Waals surface area contributed by atoms with Crippen LogP contribution < -0.4 is 16.0 Å². The predicted molar refractivity (Wildman–Crippen MR) is 89.0 cm³/mol. The fourth-order valence-corrected chi connectivity index (χ4v) is 5.84. The minimum absolute atomic E-state index is 0.0242. The molecule has 0 amide bonds. The summed E-state index contributed by atoms with van der Waals surface area (Å²) < 4.78 is 28.3. The highest BCUT2D eigenvalue weighted by atomic mass is 32.2. The minimum atomic E-state index is -3.50. The fourth-order valence-electron chi connectivity index (χ4n) is 3.06. The van der Waals surface area contributed by atoms with Gasteiger partial charge in [-0.1, -0.05) is 6.42 Å². The Morgan fingerprint density at radius 1 is 1.24 bits per heavy atom. The van der Waals surface area contributed by atoms with Crippen LogP contribution in [0.4, 0.5) is 5.69 Å². The average molecular weight is 329 g/mol. The second kappa shape index (κ2) is 6.56. The molecule has 0 saturated heterocycles. The standard InChI is InChI=1S/C14H23N3O2S2/c1-9-7-11(16-15)8-10(2)14(9)21(18,19)17-12-5-4-6-13(12)20-3/h7-8,12-13,16-17H,4-6,15H2,1-3H3. The molecule has 4 N–H and O–H groups in total. The Bertz CT molecular complexity index is 594. The van der Waals surface area contributed by atoms with E-state index in [1.54, 1.807) is 37.7 Å². The molecule has 1 aromatic carbocycles. The first-order chi connectivity index (χ1) is 9.89. The molecule has 1 aromatic rings. The topological polar surface area (TPSA) is 84.2 Å². The van der Waals surface area contributed by atoms with Gasteiger partial charge in [0.15, 0.2) is 0 Å². The summed E-state index contributed by atoms with van der Waals surface area (Å²) in [5.41, 5.74) is 4.68. The zero-order valence-corrected chi connectivity index (χ0v) is 14.3. The maximum Gasteiger partial charge on any atom is 0.241 e. The Labute approximate surface area is 131 Å². The van der Waals surface area contributed by atoms with Crippen LogP contribution in [0.1, 0.15) is 30.4 Å². The molecule has 7 heteroatoms. The smallest absolute Gasteiger partial charge is 0.241 e. The highest BCUT2D eigenvalue weighted by molar-refractivity contribution is 7.99. The number of hydrazine groups is 1. The Morgan fingerprint density at radius 2 is 1.86 bits per heavy atom. The number of nitrogens with one attached hydrogen (secondary N) is 2. The van der Waals surface area contributed by atoms with Gasteiger partial charge in [0.25, 0.3) is 0 Å². The van der Waals surface area contributed by atoms with E-state index in [9.17, 15) is 8.42 Å². The lowest BCUT2D eigenvalue weighted by atomic mass is 10.1. The van der Waals surface area contributed by atoms with Crippen molar-refractivity contribution in [2.24, 2.45) is 5.84 Å². The summed E-state index contributed by atoms with van der Waals surface area (Å²) in [5, 5.41) is 0.366. The molecule has 1 aliphatic carbocycles. The molecule has 118 valence electrons. The third kappa shape index (κ3) is 3.53. The van der Waals surface area contributed by atoms with Crippen molar-refractivity contribution in [1.29, 1.82) is 0 Å². The van der Waals surface area contributed by atoms with E-state index in [-0.39, 0.29) is 6.04 Å². The largest absolute Gasteiger partial charge is 0.324 e. The van der Waals surface area contributed by atoms with Crippen LogP contribution in [-0.4, -0.2) is 26.0 Å². The summed E-state index contributed by atoms with van der Waals surface area (Å²) in [6.45, 7) is 3.59. The van der Waals surface area contributed by atoms with Crippen molar-refractivity contribution < 1.29 is 8.42 Å². The fraction of sp³-hybridized carbons (Fsp3) is 0.571. The summed E-state index contributed by atoms with van der Waals surface area (Å²) in [6.07, 6.45) is 5.09. The van der Waals surface area contributed by atoms with E-state index in [2.05, 4.69) is 10.1 Å². The maximum absolute atomic E-state index is 12.7. The molecule has 2 unspecified atom stereocenters. The van der Waals surface area contributed by atoms with Crippen LogP contribution in [0.2, 0.25) is 0 Å². The number of sulfonamides is 1. The average Bonchev–Trinajstić information content (AvgIpc) is 2.83. The lowest BCUT2D eigenvalue weighted by Gasteiger charge is -2.21. The van der Waals surface area contributed by atoms with Gasteiger partial charge < -0.3 is 5.43 Å². The second-order valence-corrected chi connectivity index (χ2v) is 8.24. The molecule has 21 heavy (non-hydrogen) atoms. The van der Waals surface area contributed by atoms with Crippen molar-refractivity contribution >= 4 is 27.5 Å².